The lowest BCUT2D eigenvalue weighted by Gasteiger charge is -2.36. The topological polar surface area (TPSA) is 32.3 Å². The van der Waals surface area contributed by atoms with Crippen LogP contribution in [0.3, 0.4) is 0 Å². The number of benzene rings is 2. The zero-order valence-electron chi connectivity index (χ0n) is 16.5. The molecule has 1 aliphatic carbocycles. The van der Waals surface area contributed by atoms with Crippen LogP contribution in [0, 0.1) is 11.6 Å². The van der Waals surface area contributed by atoms with Gasteiger partial charge in [-0.2, -0.15) is 0 Å². The summed E-state index contributed by atoms with van der Waals surface area (Å²) in [7, 11) is 0. The molecule has 2 aliphatic rings. The highest BCUT2D eigenvalue weighted by Gasteiger charge is 2.36. The number of urea groups is 1. The number of rotatable bonds is 2. The Morgan fingerprint density at radius 2 is 1.57 bits per heavy atom. The minimum absolute atomic E-state index is 0.229. The van der Waals surface area contributed by atoms with Gasteiger partial charge in [-0.25, -0.2) is 13.6 Å². The predicted molar refractivity (Wildman–Crippen MR) is 115 cm³/mol. The van der Waals surface area contributed by atoms with Crippen LogP contribution in [0.15, 0.2) is 48.5 Å². The van der Waals surface area contributed by atoms with E-state index in [-0.39, 0.29) is 23.7 Å². The lowest BCUT2D eigenvalue weighted by Crippen LogP contribution is -2.42. The number of anilines is 1. The zero-order valence-corrected chi connectivity index (χ0v) is 17.3. The molecule has 1 aliphatic heterocycles. The molecule has 0 saturated heterocycles. The van der Waals surface area contributed by atoms with E-state index in [1.54, 1.807) is 24.3 Å². The van der Waals surface area contributed by atoms with Crippen molar-refractivity contribution in [2.75, 3.05) is 11.9 Å². The molecule has 0 bridgehead atoms. The number of hydrogen-bond acceptors (Lipinski definition) is 2. The molecule has 30 heavy (non-hydrogen) atoms. The van der Waals surface area contributed by atoms with Crippen molar-refractivity contribution >= 4 is 23.1 Å². The van der Waals surface area contributed by atoms with Gasteiger partial charge in [0.2, 0.25) is 0 Å². The van der Waals surface area contributed by atoms with Crippen LogP contribution >= 0.6 is 11.3 Å². The van der Waals surface area contributed by atoms with E-state index in [1.807, 2.05) is 16.2 Å². The van der Waals surface area contributed by atoms with Gasteiger partial charge in [-0.3, -0.25) is 0 Å². The molecule has 0 spiro atoms. The number of nitrogens with one attached hydrogen (secondary N) is 1. The first kappa shape index (κ1) is 19.2. The molecule has 0 unspecified atom stereocenters. The Kier molecular flexibility index (Phi) is 5.03. The third-order valence-electron chi connectivity index (χ3n) is 6.02. The summed E-state index contributed by atoms with van der Waals surface area (Å²) in [5.74, 6) is -0.633. The lowest BCUT2D eigenvalue weighted by atomic mass is 9.88. The molecule has 0 radical (unpaired) electrons. The van der Waals surface area contributed by atoms with Gasteiger partial charge in [-0.05, 0) is 85.2 Å². The molecule has 2 amide bonds. The van der Waals surface area contributed by atoms with E-state index in [1.165, 1.54) is 58.0 Å². The summed E-state index contributed by atoms with van der Waals surface area (Å²) in [6.07, 6.45) is 5.47. The third-order valence-corrected chi connectivity index (χ3v) is 7.40. The molecule has 154 valence electrons. The van der Waals surface area contributed by atoms with Crippen LogP contribution in [0.1, 0.15) is 45.3 Å². The summed E-state index contributed by atoms with van der Waals surface area (Å²) in [5.41, 5.74) is 4.32. The standard InChI is InChI=1S/C24H22F2N2OS/c25-16-7-5-15(6-8-16)22-23-20(19-3-1-2-4-21(19)30-23)13-14-28(22)24(29)27-18-11-9-17(26)10-12-18/h5-12,22H,1-4,13-14H2,(H,27,29)/t22-/m0/s1. The van der Waals surface area contributed by atoms with Gasteiger partial charge in [-0.15, -0.1) is 11.3 Å². The number of aryl methyl sites for hydroxylation is 1. The van der Waals surface area contributed by atoms with Gasteiger partial charge in [-0.1, -0.05) is 12.1 Å². The number of amides is 2. The van der Waals surface area contributed by atoms with Crippen molar-refractivity contribution in [3.05, 3.63) is 86.6 Å². The Balaban J connectivity index is 1.53. The zero-order chi connectivity index (χ0) is 20.7. The number of nitrogens with zero attached hydrogens (tertiary/aromatic N) is 1. The highest BCUT2D eigenvalue weighted by atomic mass is 32.1. The number of carbonyl (C=O) groups excluding carboxylic acids is 1. The molecule has 0 saturated carbocycles. The molecule has 2 heterocycles. The van der Waals surface area contributed by atoms with Gasteiger partial charge in [0.05, 0.1) is 6.04 Å². The van der Waals surface area contributed by atoms with Crippen molar-refractivity contribution in [3.8, 4) is 0 Å². The maximum Gasteiger partial charge on any atom is 0.322 e. The Morgan fingerprint density at radius 3 is 2.30 bits per heavy atom. The van der Waals surface area contributed by atoms with Gasteiger partial charge in [0.25, 0.3) is 0 Å². The second kappa shape index (κ2) is 7.84. The fraction of sp³-hybridized carbons (Fsp3) is 0.292. The van der Waals surface area contributed by atoms with E-state index in [9.17, 15) is 13.6 Å². The number of fused-ring (bicyclic) bond motifs is 3. The smallest absolute Gasteiger partial charge is 0.312 e. The molecule has 6 heteroatoms. The summed E-state index contributed by atoms with van der Waals surface area (Å²) >= 11 is 1.81. The molecular formula is C24H22F2N2OS. The van der Waals surface area contributed by atoms with Crippen LogP contribution in [0.4, 0.5) is 19.3 Å². The van der Waals surface area contributed by atoms with E-state index in [2.05, 4.69) is 5.32 Å². The first-order valence-corrected chi connectivity index (χ1v) is 11.1. The highest BCUT2D eigenvalue weighted by Crippen LogP contribution is 2.45. The normalized spacial score (nSPS) is 17.9. The summed E-state index contributed by atoms with van der Waals surface area (Å²) in [5, 5.41) is 2.89. The summed E-state index contributed by atoms with van der Waals surface area (Å²) in [6, 6.07) is 11.7. The number of thiophene rings is 1. The summed E-state index contributed by atoms with van der Waals surface area (Å²) in [6.45, 7) is 0.589. The fourth-order valence-electron chi connectivity index (χ4n) is 4.57. The summed E-state index contributed by atoms with van der Waals surface area (Å²) < 4.78 is 26.8. The second-order valence-electron chi connectivity index (χ2n) is 7.89. The molecular weight excluding hydrogens is 402 g/mol. The van der Waals surface area contributed by atoms with Crippen LogP contribution in [0.25, 0.3) is 0 Å². The molecule has 2 aromatic carbocycles. The Morgan fingerprint density at radius 1 is 0.900 bits per heavy atom. The van der Waals surface area contributed by atoms with Crippen molar-refractivity contribution in [2.45, 2.75) is 38.1 Å². The average Bonchev–Trinajstić information content (AvgIpc) is 3.14. The predicted octanol–water partition coefficient (Wildman–Crippen LogP) is 6.08. The minimum Gasteiger partial charge on any atom is -0.312 e. The molecule has 1 aromatic heterocycles. The molecule has 1 atom stereocenters. The van der Waals surface area contributed by atoms with Gasteiger partial charge >= 0.3 is 6.03 Å². The van der Waals surface area contributed by atoms with Crippen LogP contribution in [-0.4, -0.2) is 17.5 Å². The fourth-order valence-corrected chi connectivity index (χ4v) is 6.16. The van der Waals surface area contributed by atoms with E-state index in [0.717, 1.165) is 24.8 Å². The van der Waals surface area contributed by atoms with Crippen LogP contribution in [0.5, 0.6) is 0 Å². The molecule has 3 nitrogen and oxygen atoms in total. The minimum atomic E-state index is -0.344. The Labute approximate surface area is 178 Å². The van der Waals surface area contributed by atoms with Gasteiger partial charge in [0.1, 0.15) is 11.6 Å². The van der Waals surface area contributed by atoms with E-state index >= 15 is 0 Å². The van der Waals surface area contributed by atoms with Gasteiger partial charge < -0.3 is 10.2 Å². The van der Waals surface area contributed by atoms with Crippen molar-refractivity contribution in [2.24, 2.45) is 0 Å². The largest absolute Gasteiger partial charge is 0.322 e. The molecule has 5 rings (SSSR count). The first-order valence-electron chi connectivity index (χ1n) is 10.3. The van der Waals surface area contributed by atoms with Crippen molar-refractivity contribution in [1.82, 2.24) is 4.90 Å². The maximum absolute atomic E-state index is 13.6. The van der Waals surface area contributed by atoms with Crippen LogP contribution in [0.2, 0.25) is 0 Å². The van der Waals surface area contributed by atoms with Crippen molar-refractivity contribution < 1.29 is 13.6 Å². The number of carbonyl (C=O) groups is 1. The number of halogens is 2. The monoisotopic (exact) mass is 424 g/mol. The molecule has 3 aromatic rings. The summed E-state index contributed by atoms with van der Waals surface area (Å²) in [4.78, 5) is 17.7. The Bertz CT molecular complexity index is 1080. The SMILES string of the molecule is O=C(Nc1ccc(F)cc1)N1CCc2c(sc3c2CCCC3)[C@@H]1c1ccc(F)cc1. The number of hydrogen-bond donors (Lipinski definition) is 1. The lowest BCUT2D eigenvalue weighted by molar-refractivity contribution is 0.195. The molecule has 1 N–H and O–H groups in total. The highest BCUT2D eigenvalue weighted by molar-refractivity contribution is 7.12. The first-order chi connectivity index (χ1) is 14.6. The third kappa shape index (κ3) is 3.49. The van der Waals surface area contributed by atoms with E-state index < -0.39 is 0 Å². The van der Waals surface area contributed by atoms with Crippen molar-refractivity contribution in [1.29, 1.82) is 0 Å². The maximum atomic E-state index is 13.6. The average molecular weight is 425 g/mol. The quantitative estimate of drug-likeness (QED) is 0.531. The van der Waals surface area contributed by atoms with Gasteiger partial charge in [0.15, 0.2) is 0 Å². The van der Waals surface area contributed by atoms with Crippen molar-refractivity contribution in [3.63, 3.8) is 0 Å². The van der Waals surface area contributed by atoms with Crippen LogP contribution in [-0.2, 0) is 19.3 Å². The second-order valence-corrected chi connectivity index (χ2v) is 9.02. The van der Waals surface area contributed by atoms with E-state index in [0.29, 0.717) is 12.2 Å². The van der Waals surface area contributed by atoms with Gasteiger partial charge in [0, 0.05) is 22.0 Å². The molecule has 0 fully saturated rings. The Hall–Kier alpha value is -2.73. The van der Waals surface area contributed by atoms with E-state index in [4.69, 9.17) is 0 Å². The van der Waals surface area contributed by atoms with Crippen LogP contribution < -0.4 is 5.32 Å².